The van der Waals surface area contributed by atoms with Gasteiger partial charge in [-0.1, -0.05) is 31.5 Å². The molecule has 1 aliphatic rings. The lowest BCUT2D eigenvalue weighted by molar-refractivity contribution is -0.0981. The summed E-state index contributed by atoms with van der Waals surface area (Å²) in [6.45, 7) is 7.07. The summed E-state index contributed by atoms with van der Waals surface area (Å²) in [5.41, 5.74) is 0.743. The number of phenols is 1. The molecule has 0 spiro atoms. The van der Waals surface area contributed by atoms with Crippen LogP contribution in [0.2, 0.25) is 0 Å². The Bertz CT molecular complexity index is 428. The zero-order valence-corrected chi connectivity index (χ0v) is 12.8. The van der Waals surface area contributed by atoms with Crippen LogP contribution in [0, 0.1) is 0 Å². The van der Waals surface area contributed by atoms with E-state index in [2.05, 4.69) is 20.8 Å². The van der Waals surface area contributed by atoms with Gasteiger partial charge in [-0.15, -0.1) is 0 Å². The van der Waals surface area contributed by atoms with Gasteiger partial charge in [-0.25, -0.2) is 0 Å². The minimum absolute atomic E-state index is 0.0233. The first-order valence-electron chi connectivity index (χ1n) is 7.61. The van der Waals surface area contributed by atoms with Crippen LogP contribution in [0.3, 0.4) is 0 Å². The Hall–Kier alpha value is -1.06. The van der Waals surface area contributed by atoms with Crippen molar-refractivity contribution >= 4 is 0 Å². The lowest BCUT2D eigenvalue weighted by Crippen LogP contribution is -2.26. The van der Waals surface area contributed by atoms with Crippen LogP contribution in [0.4, 0.5) is 0 Å². The topological polar surface area (TPSA) is 38.7 Å². The van der Waals surface area contributed by atoms with Gasteiger partial charge in [-0.2, -0.15) is 0 Å². The Morgan fingerprint density at radius 2 is 2.15 bits per heavy atom. The molecule has 1 fully saturated rings. The molecule has 0 amide bonds. The maximum Gasteiger partial charge on any atom is 0.121 e. The predicted molar refractivity (Wildman–Crippen MR) is 79.9 cm³/mol. The number of aromatic hydroxyl groups is 1. The summed E-state index contributed by atoms with van der Waals surface area (Å²) in [6.07, 6.45) is 3.97. The molecule has 3 heteroatoms. The summed E-state index contributed by atoms with van der Waals surface area (Å²) in [6, 6.07) is 7.42. The second kappa shape index (κ2) is 6.59. The predicted octanol–water partition coefficient (Wildman–Crippen LogP) is 4.21. The van der Waals surface area contributed by atoms with Gasteiger partial charge in [-0.3, -0.25) is 0 Å². The van der Waals surface area contributed by atoms with E-state index >= 15 is 0 Å². The minimum Gasteiger partial charge on any atom is -0.508 e. The van der Waals surface area contributed by atoms with E-state index in [-0.39, 0.29) is 17.8 Å². The highest BCUT2D eigenvalue weighted by atomic mass is 16.6. The zero-order chi connectivity index (χ0) is 14.6. The summed E-state index contributed by atoms with van der Waals surface area (Å²) >= 11 is 0. The van der Waals surface area contributed by atoms with Gasteiger partial charge in [0.05, 0.1) is 11.7 Å². The van der Waals surface area contributed by atoms with E-state index in [0.29, 0.717) is 12.4 Å². The molecule has 1 heterocycles. The fraction of sp³-hybridized carbons (Fsp3) is 0.647. The average Bonchev–Trinajstić information content (AvgIpc) is 2.76. The first-order valence-corrected chi connectivity index (χ1v) is 7.61. The van der Waals surface area contributed by atoms with Crippen LogP contribution < -0.4 is 0 Å². The van der Waals surface area contributed by atoms with Crippen molar-refractivity contribution in [1.29, 1.82) is 0 Å². The second-order valence-electron chi connectivity index (χ2n) is 6.16. The lowest BCUT2D eigenvalue weighted by atomic mass is 9.99. The average molecular weight is 278 g/mol. The van der Waals surface area contributed by atoms with E-state index in [4.69, 9.17) is 9.47 Å². The van der Waals surface area contributed by atoms with Crippen molar-refractivity contribution in [2.24, 2.45) is 0 Å². The Morgan fingerprint density at radius 3 is 2.75 bits per heavy atom. The summed E-state index contributed by atoms with van der Waals surface area (Å²) in [5.74, 6) is 0.294. The Balaban J connectivity index is 2.15. The molecule has 1 aromatic carbocycles. The van der Waals surface area contributed by atoms with Crippen LogP contribution in [0.1, 0.15) is 58.1 Å². The van der Waals surface area contributed by atoms with Crippen molar-refractivity contribution in [3.63, 3.8) is 0 Å². The molecule has 20 heavy (non-hydrogen) atoms. The van der Waals surface area contributed by atoms with Gasteiger partial charge < -0.3 is 14.6 Å². The molecule has 0 saturated carbocycles. The molecule has 0 radical (unpaired) electrons. The number of hydrogen-bond acceptors (Lipinski definition) is 3. The number of unbranched alkanes of at least 4 members (excludes halogenated alkanes) is 1. The molecule has 2 rings (SSSR count). The van der Waals surface area contributed by atoms with Gasteiger partial charge in [0.2, 0.25) is 0 Å². The van der Waals surface area contributed by atoms with Crippen LogP contribution in [-0.2, 0) is 9.47 Å². The first kappa shape index (κ1) is 15.3. The van der Waals surface area contributed by atoms with Crippen molar-refractivity contribution in [3.8, 4) is 5.75 Å². The molecule has 0 aromatic heterocycles. The van der Waals surface area contributed by atoms with Gasteiger partial charge in [0.15, 0.2) is 0 Å². The number of phenolic OH excluding ortho intramolecular Hbond substituents is 1. The van der Waals surface area contributed by atoms with E-state index in [1.54, 1.807) is 6.07 Å². The largest absolute Gasteiger partial charge is 0.508 e. The maximum absolute atomic E-state index is 10.1. The molecule has 112 valence electrons. The van der Waals surface area contributed by atoms with Crippen LogP contribution >= 0.6 is 0 Å². The van der Waals surface area contributed by atoms with E-state index in [1.807, 2.05) is 18.2 Å². The van der Waals surface area contributed by atoms with Crippen LogP contribution in [0.15, 0.2) is 24.3 Å². The molecule has 0 bridgehead atoms. The fourth-order valence-corrected chi connectivity index (χ4v) is 2.71. The molecule has 1 N–H and O–H groups in total. The summed E-state index contributed by atoms with van der Waals surface area (Å²) in [7, 11) is 0. The van der Waals surface area contributed by atoms with E-state index < -0.39 is 0 Å². The molecule has 1 aromatic rings. The van der Waals surface area contributed by atoms with Gasteiger partial charge in [-0.05, 0) is 39.2 Å². The summed E-state index contributed by atoms with van der Waals surface area (Å²) < 4.78 is 12.2. The highest BCUT2D eigenvalue weighted by Crippen LogP contribution is 2.40. The van der Waals surface area contributed by atoms with Crippen molar-refractivity contribution in [3.05, 3.63) is 29.8 Å². The molecule has 3 nitrogen and oxygen atoms in total. The number of hydrogen-bond donors (Lipinski definition) is 1. The Morgan fingerprint density at radius 1 is 1.40 bits per heavy atom. The number of ether oxygens (including phenoxy) is 2. The monoisotopic (exact) mass is 278 g/mol. The molecule has 0 unspecified atom stereocenters. The van der Waals surface area contributed by atoms with Crippen molar-refractivity contribution in [2.45, 2.75) is 64.3 Å². The number of para-hydroxylation sites is 1. The van der Waals surface area contributed by atoms with Crippen molar-refractivity contribution in [2.75, 3.05) is 6.61 Å². The van der Waals surface area contributed by atoms with Crippen molar-refractivity contribution in [1.82, 2.24) is 0 Å². The summed E-state index contributed by atoms with van der Waals surface area (Å²) in [5, 5.41) is 10.1. The second-order valence-corrected chi connectivity index (χ2v) is 6.16. The van der Waals surface area contributed by atoms with Crippen LogP contribution in [0.5, 0.6) is 5.75 Å². The third kappa shape index (κ3) is 3.74. The molecule has 0 aliphatic carbocycles. The molecular formula is C17H26O3. The number of rotatable bonds is 6. The lowest BCUT2D eigenvalue weighted by Gasteiger charge is -2.27. The van der Waals surface area contributed by atoms with E-state index in [9.17, 15) is 5.11 Å². The SMILES string of the molecule is CCCCO[C@H](c1ccccc1O)[C@H]1CCC(C)(C)O1. The molecule has 2 atom stereocenters. The normalized spacial score (nSPS) is 22.9. The standard InChI is InChI=1S/C17H26O3/c1-4-5-12-19-16(13-8-6-7-9-14(13)18)15-10-11-17(2,3)20-15/h6-9,15-16,18H,4-5,10-12H2,1-3H3/t15-,16-/m1/s1. The van der Waals surface area contributed by atoms with E-state index in [1.165, 1.54) is 0 Å². The van der Waals surface area contributed by atoms with Crippen LogP contribution in [0.25, 0.3) is 0 Å². The van der Waals surface area contributed by atoms with Crippen LogP contribution in [-0.4, -0.2) is 23.4 Å². The highest BCUT2D eigenvalue weighted by molar-refractivity contribution is 5.34. The fourth-order valence-electron chi connectivity index (χ4n) is 2.71. The maximum atomic E-state index is 10.1. The molecule has 1 saturated heterocycles. The smallest absolute Gasteiger partial charge is 0.121 e. The first-order chi connectivity index (χ1) is 9.53. The van der Waals surface area contributed by atoms with E-state index in [0.717, 1.165) is 31.2 Å². The molecule has 1 aliphatic heterocycles. The Labute approximate surface area is 121 Å². The third-order valence-corrected chi connectivity index (χ3v) is 3.88. The quantitative estimate of drug-likeness (QED) is 0.792. The van der Waals surface area contributed by atoms with Gasteiger partial charge in [0.25, 0.3) is 0 Å². The molecular weight excluding hydrogens is 252 g/mol. The highest BCUT2D eigenvalue weighted by Gasteiger charge is 2.38. The van der Waals surface area contributed by atoms with Gasteiger partial charge >= 0.3 is 0 Å². The Kier molecular flexibility index (Phi) is 5.06. The van der Waals surface area contributed by atoms with Crippen molar-refractivity contribution < 1.29 is 14.6 Å². The third-order valence-electron chi connectivity index (χ3n) is 3.88. The van der Waals surface area contributed by atoms with Gasteiger partial charge in [0.1, 0.15) is 11.9 Å². The number of benzene rings is 1. The zero-order valence-electron chi connectivity index (χ0n) is 12.8. The van der Waals surface area contributed by atoms with Gasteiger partial charge in [0, 0.05) is 12.2 Å². The summed E-state index contributed by atoms with van der Waals surface area (Å²) in [4.78, 5) is 0. The minimum atomic E-state index is -0.176.